The summed E-state index contributed by atoms with van der Waals surface area (Å²) in [6.45, 7) is 1.91. The van der Waals surface area contributed by atoms with Gasteiger partial charge < -0.3 is 0 Å². The predicted molar refractivity (Wildman–Crippen MR) is 83.5 cm³/mol. The summed E-state index contributed by atoms with van der Waals surface area (Å²) in [4.78, 5) is 13.1. The van der Waals surface area contributed by atoms with Crippen molar-refractivity contribution in [3.05, 3.63) is 38.9 Å². The van der Waals surface area contributed by atoms with Crippen LogP contribution in [0.3, 0.4) is 0 Å². The van der Waals surface area contributed by atoms with Crippen molar-refractivity contribution >= 4 is 17.3 Å². The van der Waals surface area contributed by atoms with Gasteiger partial charge in [-0.15, -0.1) is 0 Å². The molecule has 5 heteroatoms. The number of fused-ring (bicyclic) bond motifs is 1. The average Bonchev–Trinajstić information content (AvgIpc) is 2.49. The van der Waals surface area contributed by atoms with Crippen LogP contribution in [-0.2, 0) is 6.54 Å². The summed E-state index contributed by atoms with van der Waals surface area (Å²) in [5, 5.41) is 11.2. The molecule has 3 rings (SSSR count). The van der Waals surface area contributed by atoms with Crippen LogP contribution in [0.4, 0.5) is 5.69 Å². The van der Waals surface area contributed by atoms with Crippen LogP contribution in [0.25, 0.3) is 0 Å². The van der Waals surface area contributed by atoms with Crippen molar-refractivity contribution in [2.24, 2.45) is 5.92 Å². The lowest BCUT2D eigenvalue weighted by molar-refractivity contribution is -0.384. The summed E-state index contributed by atoms with van der Waals surface area (Å²) in [6, 6.07) is 5.87. The maximum Gasteiger partial charge on any atom is 0.288 e. The monoisotopic (exact) mass is 308 g/mol. The highest BCUT2D eigenvalue weighted by atomic mass is 35.5. The minimum Gasteiger partial charge on any atom is -0.296 e. The van der Waals surface area contributed by atoms with Crippen LogP contribution < -0.4 is 0 Å². The molecule has 2 atom stereocenters. The number of nitrogens with zero attached hydrogens (tertiary/aromatic N) is 2. The lowest BCUT2D eigenvalue weighted by Gasteiger charge is -2.44. The SMILES string of the molecule is O=[N+]([O-])c1cc(CN2CCCC3CCCCC32)ccc1Cl. The Balaban J connectivity index is 1.76. The van der Waals surface area contributed by atoms with E-state index in [9.17, 15) is 10.1 Å². The second-order valence-corrected chi connectivity index (χ2v) is 6.67. The van der Waals surface area contributed by atoms with Crippen molar-refractivity contribution in [1.82, 2.24) is 4.90 Å². The fourth-order valence-corrected chi connectivity index (χ4v) is 4.14. The third-order valence-electron chi connectivity index (χ3n) is 4.95. The van der Waals surface area contributed by atoms with Crippen LogP contribution in [-0.4, -0.2) is 22.4 Å². The van der Waals surface area contributed by atoms with Crippen molar-refractivity contribution in [3.63, 3.8) is 0 Å². The van der Waals surface area contributed by atoms with E-state index in [2.05, 4.69) is 4.90 Å². The Morgan fingerprint density at radius 2 is 2.00 bits per heavy atom. The minimum absolute atomic E-state index is 0.0198. The largest absolute Gasteiger partial charge is 0.296 e. The molecule has 21 heavy (non-hydrogen) atoms. The number of hydrogen-bond acceptors (Lipinski definition) is 3. The molecule has 0 amide bonds. The molecular weight excluding hydrogens is 288 g/mol. The molecule has 114 valence electrons. The van der Waals surface area contributed by atoms with Crippen LogP contribution >= 0.6 is 11.6 Å². The molecule has 1 aromatic rings. The van der Waals surface area contributed by atoms with Crippen LogP contribution in [0.2, 0.25) is 5.02 Å². The molecule has 0 bridgehead atoms. The zero-order valence-corrected chi connectivity index (χ0v) is 12.9. The first-order chi connectivity index (χ1) is 10.1. The summed E-state index contributed by atoms with van der Waals surface area (Å²) in [6.07, 6.45) is 7.90. The van der Waals surface area contributed by atoms with E-state index in [0.29, 0.717) is 6.04 Å². The lowest BCUT2D eigenvalue weighted by atomic mass is 9.78. The third kappa shape index (κ3) is 3.22. The van der Waals surface area contributed by atoms with Gasteiger partial charge in [0.1, 0.15) is 5.02 Å². The van der Waals surface area contributed by atoms with E-state index in [1.807, 2.05) is 6.07 Å². The van der Waals surface area contributed by atoms with Gasteiger partial charge in [-0.05, 0) is 49.8 Å². The van der Waals surface area contributed by atoms with Crippen molar-refractivity contribution in [1.29, 1.82) is 0 Å². The number of hydrogen-bond donors (Lipinski definition) is 0. The minimum atomic E-state index is -0.397. The Kier molecular flexibility index (Phi) is 4.45. The molecule has 1 saturated heterocycles. The number of rotatable bonds is 3. The summed E-state index contributed by atoms with van der Waals surface area (Å²) in [5.74, 6) is 0.829. The van der Waals surface area contributed by atoms with Crippen LogP contribution in [0, 0.1) is 16.0 Å². The van der Waals surface area contributed by atoms with Gasteiger partial charge in [-0.3, -0.25) is 15.0 Å². The maximum atomic E-state index is 11.0. The molecule has 1 aliphatic carbocycles. The van der Waals surface area contributed by atoms with Crippen LogP contribution in [0.5, 0.6) is 0 Å². The Morgan fingerprint density at radius 1 is 1.24 bits per heavy atom. The highest BCUT2D eigenvalue weighted by molar-refractivity contribution is 6.32. The van der Waals surface area contributed by atoms with E-state index >= 15 is 0 Å². The summed E-state index contributed by atoms with van der Waals surface area (Å²) in [5.41, 5.74) is 1.02. The Labute approximate surface area is 130 Å². The van der Waals surface area contributed by atoms with Gasteiger partial charge in [0, 0.05) is 18.7 Å². The number of nitro benzene ring substituents is 1. The fourth-order valence-electron chi connectivity index (χ4n) is 3.96. The molecular formula is C16H21ClN2O2. The molecule has 1 heterocycles. The van der Waals surface area contributed by atoms with E-state index in [1.165, 1.54) is 38.5 Å². The van der Waals surface area contributed by atoms with Crippen molar-refractivity contribution < 1.29 is 4.92 Å². The summed E-state index contributed by atoms with van der Waals surface area (Å²) >= 11 is 5.89. The Morgan fingerprint density at radius 3 is 2.81 bits per heavy atom. The Bertz CT molecular complexity index is 533. The topological polar surface area (TPSA) is 46.4 Å². The molecule has 2 aliphatic rings. The summed E-state index contributed by atoms with van der Waals surface area (Å²) < 4.78 is 0. The van der Waals surface area contributed by atoms with Gasteiger partial charge in [0.15, 0.2) is 0 Å². The molecule has 2 unspecified atom stereocenters. The highest BCUT2D eigenvalue weighted by Crippen LogP contribution is 2.36. The number of halogens is 1. The van der Waals surface area contributed by atoms with Gasteiger partial charge >= 0.3 is 0 Å². The second kappa shape index (κ2) is 6.32. The molecule has 1 saturated carbocycles. The van der Waals surface area contributed by atoms with Gasteiger partial charge in [0.25, 0.3) is 5.69 Å². The highest BCUT2D eigenvalue weighted by Gasteiger charge is 2.33. The van der Waals surface area contributed by atoms with Gasteiger partial charge in [-0.2, -0.15) is 0 Å². The maximum absolute atomic E-state index is 11.0. The predicted octanol–water partition coefficient (Wildman–Crippen LogP) is 4.40. The number of likely N-dealkylation sites (tertiary alicyclic amines) is 1. The van der Waals surface area contributed by atoms with E-state index in [0.717, 1.165) is 24.6 Å². The smallest absolute Gasteiger partial charge is 0.288 e. The molecule has 0 N–H and O–H groups in total. The van der Waals surface area contributed by atoms with Crippen LogP contribution in [0.15, 0.2) is 18.2 Å². The van der Waals surface area contributed by atoms with Crippen molar-refractivity contribution in [3.8, 4) is 0 Å². The molecule has 0 aromatic heterocycles. The first kappa shape index (κ1) is 14.8. The zero-order chi connectivity index (χ0) is 14.8. The van der Waals surface area contributed by atoms with Crippen molar-refractivity contribution in [2.45, 2.75) is 51.1 Å². The number of benzene rings is 1. The molecule has 0 spiro atoms. The first-order valence-corrected chi connectivity index (χ1v) is 8.20. The Hall–Kier alpha value is -1.13. The average molecular weight is 309 g/mol. The van der Waals surface area contributed by atoms with E-state index < -0.39 is 4.92 Å². The van der Waals surface area contributed by atoms with Crippen molar-refractivity contribution in [2.75, 3.05) is 6.54 Å². The summed E-state index contributed by atoms with van der Waals surface area (Å²) in [7, 11) is 0. The number of piperidine rings is 1. The second-order valence-electron chi connectivity index (χ2n) is 6.27. The fraction of sp³-hybridized carbons (Fsp3) is 0.625. The molecule has 1 aliphatic heterocycles. The zero-order valence-electron chi connectivity index (χ0n) is 12.1. The van der Waals surface area contributed by atoms with E-state index in [4.69, 9.17) is 11.6 Å². The van der Waals surface area contributed by atoms with Gasteiger partial charge in [-0.1, -0.05) is 30.5 Å². The lowest BCUT2D eigenvalue weighted by Crippen LogP contribution is -2.46. The normalized spacial score (nSPS) is 26.3. The van der Waals surface area contributed by atoms with E-state index in [-0.39, 0.29) is 10.7 Å². The first-order valence-electron chi connectivity index (χ1n) is 7.82. The van der Waals surface area contributed by atoms with Gasteiger partial charge in [0.05, 0.1) is 4.92 Å². The van der Waals surface area contributed by atoms with E-state index in [1.54, 1.807) is 12.1 Å². The molecule has 4 nitrogen and oxygen atoms in total. The molecule has 2 fully saturated rings. The quantitative estimate of drug-likeness (QED) is 0.614. The number of nitro groups is 1. The van der Waals surface area contributed by atoms with Gasteiger partial charge in [0.2, 0.25) is 0 Å². The standard InChI is InChI=1S/C16H21ClN2O2/c17-14-8-7-12(10-16(14)19(20)21)11-18-9-3-5-13-4-1-2-6-15(13)18/h7-8,10,13,15H,1-6,9,11H2. The van der Waals surface area contributed by atoms with Crippen LogP contribution in [0.1, 0.15) is 44.1 Å². The van der Waals surface area contributed by atoms with Gasteiger partial charge in [-0.25, -0.2) is 0 Å². The third-order valence-corrected chi connectivity index (χ3v) is 5.27. The molecule has 1 aromatic carbocycles. The molecule has 0 radical (unpaired) electrons.